The van der Waals surface area contributed by atoms with Gasteiger partial charge in [-0.1, -0.05) is 13.3 Å². The number of hydrogen-bond acceptors (Lipinski definition) is 7. The molecule has 0 aromatic rings. The number of carboxylic acids is 1. The Hall–Kier alpha value is -1.71. The molecule has 0 saturated heterocycles. The van der Waals surface area contributed by atoms with Gasteiger partial charge in [-0.3, -0.25) is 19.3 Å². The fourth-order valence-electron chi connectivity index (χ4n) is 2.33. The van der Waals surface area contributed by atoms with Gasteiger partial charge in [0, 0.05) is 12.8 Å². The van der Waals surface area contributed by atoms with Gasteiger partial charge in [-0.2, -0.15) is 0 Å². The van der Waals surface area contributed by atoms with E-state index in [2.05, 4.69) is 5.32 Å². The Morgan fingerprint density at radius 2 is 1.73 bits per heavy atom. The van der Waals surface area contributed by atoms with E-state index < -0.39 is 36.6 Å². The van der Waals surface area contributed by atoms with Crippen molar-refractivity contribution in [3.8, 4) is 0 Å². The van der Waals surface area contributed by atoms with Crippen LogP contribution >= 0.6 is 0 Å². The van der Waals surface area contributed by atoms with Crippen molar-refractivity contribution >= 4 is 17.8 Å². The third-order valence-corrected chi connectivity index (χ3v) is 3.71. The predicted octanol–water partition coefficient (Wildman–Crippen LogP) is -0.0937. The zero-order chi connectivity index (χ0) is 20.1. The first-order valence-corrected chi connectivity index (χ1v) is 8.72. The van der Waals surface area contributed by atoms with Gasteiger partial charge in [-0.05, 0) is 33.4 Å². The number of esters is 1. The van der Waals surface area contributed by atoms with Crippen molar-refractivity contribution in [2.45, 2.75) is 57.6 Å². The van der Waals surface area contributed by atoms with Gasteiger partial charge in [-0.15, -0.1) is 0 Å². The highest BCUT2D eigenvalue weighted by molar-refractivity contribution is 5.81. The van der Waals surface area contributed by atoms with Crippen LogP contribution in [-0.2, 0) is 19.1 Å². The number of rotatable bonds is 14. The van der Waals surface area contributed by atoms with Crippen molar-refractivity contribution < 1.29 is 34.4 Å². The van der Waals surface area contributed by atoms with Gasteiger partial charge in [0.05, 0.1) is 18.7 Å². The van der Waals surface area contributed by atoms with E-state index in [1.807, 2.05) is 25.9 Å². The molecular weight excluding hydrogens is 344 g/mol. The molecule has 0 aliphatic rings. The Labute approximate surface area is 154 Å². The van der Waals surface area contributed by atoms with Gasteiger partial charge in [0.15, 0.2) is 6.10 Å². The van der Waals surface area contributed by atoms with Crippen LogP contribution in [0.25, 0.3) is 0 Å². The molecule has 0 aromatic heterocycles. The number of carboxylic acid groups (broad SMARTS) is 1. The van der Waals surface area contributed by atoms with E-state index >= 15 is 0 Å². The fourth-order valence-corrected chi connectivity index (χ4v) is 2.33. The van der Waals surface area contributed by atoms with Crippen molar-refractivity contribution in [1.82, 2.24) is 10.2 Å². The van der Waals surface area contributed by atoms with Crippen LogP contribution in [0.3, 0.4) is 0 Å². The smallest absolute Gasteiger partial charge is 0.305 e. The lowest BCUT2D eigenvalue weighted by atomic mass is 10.0. The maximum absolute atomic E-state index is 12.0. The first-order valence-electron chi connectivity index (χ1n) is 8.72. The molecule has 9 nitrogen and oxygen atoms in total. The van der Waals surface area contributed by atoms with Gasteiger partial charge in [0.1, 0.15) is 6.61 Å². The highest BCUT2D eigenvalue weighted by atomic mass is 16.5. The zero-order valence-corrected chi connectivity index (χ0v) is 15.7. The van der Waals surface area contributed by atoms with Crippen LogP contribution in [0, 0.1) is 6.04 Å². The van der Waals surface area contributed by atoms with Crippen molar-refractivity contribution in [3.05, 3.63) is 6.04 Å². The Morgan fingerprint density at radius 3 is 2.23 bits per heavy atom. The van der Waals surface area contributed by atoms with E-state index in [4.69, 9.17) is 9.84 Å². The van der Waals surface area contributed by atoms with Gasteiger partial charge in [-0.25, -0.2) is 0 Å². The third kappa shape index (κ3) is 10.3. The van der Waals surface area contributed by atoms with Crippen LogP contribution < -0.4 is 5.32 Å². The summed E-state index contributed by atoms with van der Waals surface area (Å²) in [5, 5.41) is 30.4. The minimum Gasteiger partial charge on any atom is -0.481 e. The molecule has 9 heteroatoms. The van der Waals surface area contributed by atoms with Crippen LogP contribution in [0.5, 0.6) is 0 Å². The molecule has 2 unspecified atom stereocenters. The second-order valence-corrected chi connectivity index (χ2v) is 6.18. The molecule has 0 rings (SSSR count). The summed E-state index contributed by atoms with van der Waals surface area (Å²) in [5.41, 5.74) is 0. The fraction of sp³-hybridized carbons (Fsp3) is 0.765. The predicted molar refractivity (Wildman–Crippen MR) is 93.9 cm³/mol. The molecule has 4 N–H and O–H groups in total. The van der Waals surface area contributed by atoms with E-state index in [-0.39, 0.29) is 19.4 Å². The number of nitrogens with one attached hydrogen (secondary N) is 1. The van der Waals surface area contributed by atoms with Crippen LogP contribution in [0.4, 0.5) is 0 Å². The first kappa shape index (κ1) is 24.3. The summed E-state index contributed by atoms with van der Waals surface area (Å²) in [6.45, 7) is 1.17. The molecule has 0 heterocycles. The number of aliphatic carboxylic acids is 1. The number of unbranched alkanes of at least 4 members (excludes halogenated alkanes) is 1. The highest BCUT2D eigenvalue weighted by Crippen LogP contribution is 2.16. The Balaban J connectivity index is 4.31. The lowest BCUT2D eigenvalue weighted by molar-refractivity contribution is -0.150. The molecule has 0 aliphatic carbocycles. The number of carbonyl (C=O) groups excluding carboxylic acids is 2. The monoisotopic (exact) mass is 375 g/mol. The zero-order valence-electron chi connectivity index (χ0n) is 15.7. The average molecular weight is 375 g/mol. The summed E-state index contributed by atoms with van der Waals surface area (Å²) >= 11 is 0. The topological polar surface area (TPSA) is 136 Å². The standard InChI is InChI=1S/C17H31N2O7/c1-4-7-13(19(2)3)12(10-20)18-17(25)14(21)11-26-16(24)9-6-5-8-15(22)23/h12,14,20-21H,4-11H2,1-3H3,(H,18,25)(H,22,23). The van der Waals surface area contributed by atoms with Gasteiger partial charge < -0.3 is 25.4 Å². The van der Waals surface area contributed by atoms with E-state index in [0.717, 1.165) is 12.5 Å². The van der Waals surface area contributed by atoms with Gasteiger partial charge in [0.2, 0.25) is 0 Å². The van der Waals surface area contributed by atoms with Crippen molar-refractivity contribution in [2.75, 3.05) is 27.3 Å². The van der Waals surface area contributed by atoms with E-state index in [0.29, 0.717) is 19.3 Å². The number of amides is 1. The normalized spacial score (nSPS) is 13.5. The number of nitrogens with zero attached hydrogens (tertiary/aromatic N) is 1. The molecule has 0 spiro atoms. The van der Waals surface area contributed by atoms with Gasteiger partial charge >= 0.3 is 11.9 Å². The molecule has 2 atom stereocenters. The summed E-state index contributed by atoms with van der Waals surface area (Å²) < 4.78 is 4.83. The number of likely N-dealkylation sites (N-methyl/N-ethyl adjacent to an activating group) is 1. The number of ether oxygens (including phenoxy) is 1. The Kier molecular flexibility index (Phi) is 12.6. The molecule has 0 aliphatic heterocycles. The molecule has 1 amide bonds. The van der Waals surface area contributed by atoms with Crippen molar-refractivity contribution in [2.24, 2.45) is 0 Å². The molecule has 151 valence electrons. The number of carbonyl (C=O) groups is 3. The summed E-state index contributed by atoms with van der Waals surface area (Å²) in [6, 6.07) is 0.199. The first-order chi connectivity index (χ1) is 12.2. The molecule has 26 heavy (non-hydrogen) atoms. The maximum Gasteiger partial charge on any atom is 0.305 e. The van der Waals surface area contributed by atoms with Crippen LogP contribution in [-0.4, -0.2) is 77.5 Å². The summed E-state index contributed by atoms with van der Waals surface area (Å²) in [7, 11) is 3.62. The quantitative estimate of drug-likeness (QED) is 0.244. The number of aliphatic hydroxyl groups excluding tert-OH is 2. The SMILES string of the molecule is CCC[C](C(CO)NC(=O)C(O)COC(=O)CCCCC(=O)O)N(C)C. The molecule has 0 saturated carbocycles. The van der Waals surface area contributed by atoms with E-state index in [1.165, 1.54) is 0 Å². The molecule has 0 bridgehead atoms. The van der Waals surface area contributed by atoms with Crippen LogP contribution in [0.1, 0.15) is 45.4 Å². The number of hydrogen-bond donors (Lipinski definition) is 4. The largest absolute Gasteiger partial charge is 0.481 e. The second-order valence-electron chi connectivity index (χ2n) is 6.18. The molecular formula is C17H31N2O7. The lowest BCUT2D eigenvalue weighted by Crippen LogP contribution is -2.50. The van der Waals surface area contributed by atoms with Crippen molar-refractivity contribution in [3.63, 3.8) is 0 Å². The third-order valence-electron chi connectivity index (χ3n) is 3.71. The van der Waals surface area contributed by atoms with E-state index in [1.54, 1.807) is 0 Å². The highest BCUT2D eigenvalue weighted by Gasteiger charge is 2.27. The Morgan fingerprint density at radius 1 is 1.12 bits per heavy atom. The number of aliphatic hydroxyl groups is 2. The summed E-state index contributed by atoms with van der Waals surface area (Å²) in [5.74, 6) is -2.27. The van der Waals surface area contributed by atoms with Crippen LogP contribution in [0.15, 0.2) is 0 Å². The summed E-state index contributed by atoms with van der Waals surface area (Å²) in [6.07, 6.45) is 0.683. The van der Waals surface area contributed by atoms with Crippen LogP contribution in [0.2, 0.25) is 0 Å². The summed E-state index contributed by atoms with van der Waals surface area (Å²) in [4.78, 5) is 35.7. The van der Waals surface area contributed by atoms with Crippen molar-refractivity contribution in [1.29, 1.82) is 0 Å². The van der Waals surface area contributed by atoms with Gasteiger partial charge in [0.25, 0.3) is 5.91 Å². The minimum absolute atomic E-state index is 0.0237. The minimum atomic E-state index is -1.54. The average Bonchev–Trinajstić information content (AvgIpc) is 2.58. The second kappa shape index (κ2) is 13.5. The lowest BCUT2D eigenvalue weighted by Gasteiger charge is -2.31. The molecule has 0 aromatic carbocycles. The Bertz CT molecular complexity index is 443. The molecule has 1 radical (unpaired) electrons. The molecule has 0 fully saturated rings. The maximum atomic E-state index is 12.0. The van der Waals surface area contributed by atoms with E-state index in [9.17, 15) is 24.6 Å².